The number of anilines is 1. The van der Waals surface area contributed by atoms with Gasteiger partial charge in [0.2, 0.25) is 0 Å². The van der Waals surface area contributed by atoms with Gasteiger partial charge in [0.15, 0.2) is 0 Å². The number of imidazole rings is 1. The smallest absolute Gasteiger partial charge is 0.138 e. The number of fused-ring (bicyclic) bond motifs is 1. The molecule has 1 aliphatic rings. The number of nitrogen functional groups attached to an aromatic ring is 1. The van der Waals surface area contributed by atoms with Crippen LogP contribution in [-0.4, -0.2) is 9.38 Å². The zero-order valence-electron chi connectivity index (χ0n) is 8.20. The molecule has 0 spiro atoms. The predicted molar refractivity (Wildman–Crippen MR) is 56.3 cm³/mol. The number of pyridine rings is 1. The molecule has 0 unspecified atom stereocenters. The van der Waals surface area contributed by atoms with Crippen molar-refractivity contribution >= 4 is 11.5 Å². The summed E-state index contributed by atoms with van der Waals surface area (Å²) in [6.45, 7) is 2.07. The summed E-state index contributed by atoms with van der Waals surface area (Å²) in [4.78, 5) is 4.55. The molecule has 3 heteroatoms. The number of rotatable bonds is 1. The van der Waals surface area contributed by atoms with Gasteiger partial charge in [-0.15, -0.1) is 0 Å². The number of aryl methyl sites for hydroxylation is 1. The van der Waals surface area contributed by atoms with Gasteiger partial charge in [-0.25, -0.2) is 4.98 Å². The molecule has 1 fully saturated rings. The van der Waals surface area contributed by atoms with Crippen LogP contribution in [0.5, 0.6) is 0 Å². The standard InChI is InChI=1S/C11H13N3/c1-7-2-5-9-13-10(8-3-4-8)11(12)14(9)6-7/h2,5-6,8H,3-4,12H2,1H3. The topological polar surface area (TPSA) is 43.3 Å². The first kappa shape index (κ1) is 7.85. The van der Waals surface area contributed by atoms with Gasteiger partial charge in [0.25, 0.3) is 0 Å². The molecule has 72 valence electrons. The van der Waals surface area contributed by atoms with Gasteiger partial charge < -0.3 is 5.73 Å². The SMILES string of the molecule is Cc1ccc2nc(C3CC3)c(N)n2c1. The highest BCUT2D eigenvalue weighted by molar-refractivity contribution is 5.55. The Balaban J connectivity index is 2.29. The van der Waals surface area contributed by atoms with E-state index in [1.54, 1.807) is 0 Å². The van der Waals surface area contributed by atoms with E-state index in [1.807, 2.05) is 16.7 Å². The van der Waals surface area contributed by atoms with Crippen LogP contribution in [0.15, 0.2) is 18.3 Å². The van der Waals surface area contributed by atoms with Crippen LogP contribution in [0, 0.1) is 6.92 Å². The Labute approximate surface area is 82.6 Å². The van der Waals surface area contributed by atoms with Gasteiger partial charge in [0, 0.05) is 12.1 Å². The monoisotopic (exact) mass is 187 g/mol. The Morgan fingerprint density at radius 1 is 1.43 bits per heavy atom. The van der Waals surface area contributed by atoms with Crippen molar-refractivity contribution in [1.82, 2.24) is 9.38 Å². The highest BCUT2D eigenvalue weighted by atomic mass is 15.1. The Hall–Kier alpha value is -1.51. The van der Waals surface area contributed by atoms with Crippen molar-refractivity contribution in [3.8, 4) is 0 Å². The molecule has 14 heavy (non-hydrogen) atoms. The van der Waals surface area contributed by atoms with E-state index in [1.165, 1.54) is 18.4 Å². The van der Waals surface area contributed by atoms with Crippen LogP contribution in [0.25, 0.3) is 5.65 Å². The maximum atomic E-state index is 6.05. The first-order valence-corrected chi connectivity index (χ1v) is 5.00. The lowest BCUT2D eigenvalue weighted by molar-refractivity contribution is 1.06. The maximum Gasteiger partial charge on any atom is 0.138 e. The molecule has 2 N–H and O–H groups in total. The van der Waals surface area contributed by atoms with Crippen LogP contribution in [0.2, 0.25) is 0 Å². The predicted octanol–water partition coefficient (Wildman–Crippen LogP) is 2.10. The lowest BCUT2D eigenvalue weighted by Gasteiger charge is -1.97. The van der Waals surface area contributed by atoms with Crippen LogP contribution < -0.4 is 5.73 Å². The molecule has 1 aliphatic carbocycles. The number of aromatic nitrogens is 2. The van der Waals surface area contributed by atoms with Crippen LogP contribution in [-0.2, 0) is 0 Å². The van der Waals surface area contributed by atoms with E-state index in [9.17, 15) is 0 Å². The minimum Gasteiger partial charge on any atom is -0.383 e. The molecule has 2 heterocycles. The van der Waals surface area contributed by atoms with E-state index < -0.39 is 0 Å². The van der Waals surface area contributed by atoms with Crippen LogP contribution in [0.4, 0.5) is 5.82 Å². The van der Waals surface area contributed by atoms with Crippen molar-refractivity contribution < 1.29 is 0 Å². The molecule has 3 rings (SSSR count). The quantitative estimate of drug-likeness (QED) is 0.743. The van der Waals surface area contributed by atoms with Crippen molar-refractivity contribution in [3.63, 3.8) is 0 Å². The second-order valence-electron chi connectivity index (χ2n) is 4.09. The minimum absolute atomic E-state index is 0.621. The second-order valence-corrected chi connectivity index (χ2v) is 4.09. The summed E-state index contributed by atoms with van der Waals surface area (Å²) in [6.07, 6.45) is 4.53. The Morgan fingerprint density at radius 2 is 2.21 bits per heavy atom. The summed E-state index contributed by atoms with van der Waals surface area (Å²) in [5.74, 6) is 1.45. The largest absolute Gasteiger partial charge is 0.383 e. The molecule has 0 aromatic carbocycles. The summed E-state index contributed by atoms with van der Waals surface area (Å²) < 4.78 is 1.99. The molecular formula is C11H13N3. The van der Waals surface area contributed by atoms with Crippen molar-refractivity contribution in [1.29, 1.82) is 0 Å². The van der Waals surface area contributed by atoms with Gasteiger partial charge in [-0.3, -0.25) is 4.40 Å². The lowest BCUT2D eigenvalue weighted by Crippen LogP contribution is -1.95. The van der Waals surface area contributed by atoms with Crippen LogP contribution in [0.3, 0.4) is 0 Å². The summed E-state index contributed by atoms with van der Waals surface area (Å²) in [5.41, 5.74) is 9.32. The van der Waals surface area contributed by atoms with Gasteiger partial charge in [-0.1, -0.05) is 6.07 Å². The van der Waals surface area contributed by atoms with Crippen molar-refractivity contribution in [2.45, 2.75) is 25.7 Å². The molecule has 0 amide bonds. The zero-order chi connectivity index (χ0) is 9.71. The lowest BCUT2D eigenvalue weighted by atomic mass is 10.3. The number of nitrogens with two attached hydrogens (primary N) is 1. The summed E-state index contributed by atoms with van der Waals surface area (Å²) >= 11 is 0. The van der Waals surface area contributed by atoms with Crippen LogP contribution >= 0.6 is 0 Å². The first-order valence-electron chi connectivity index (χ1n) is 5.00. The zero-order valence-corrected chi connectivity index (χ0v) is 8.20. The third-order valence-electron chi connectivity index (χ3n) is 2.80. The third kappa shape index (κ3) is 1.02. The molecule has 0 radical (unpaired) electrons. The molecule has 3 nitrogen and oxygen atoms in total. The fourth-order valence-corrected chi connectivity index (χ4v) is 1.84. The molecule has 0 saturated heterocycles. The Morgan fingerprint density at radius 3 is 2.93 bits per heavy atom. The highest BCUT2D eigenvalue weighted by Crippen LogP contribution is 2.42. The summed E-state index contributed by atoms with van der Waals surface area (Å²) in [6, 6.07) is 4.09. The normalized spacial score (nSPS) is 16.4. The molecule has 0 aliphatic heterocycles. The Kier molecular flexibility index (Phi) is 1.40. The summed E-state index contributed by atoms with van der Waals surface area (Å²) in [7, 11) is 0. The molecule has 0 bridgehead atoms. The minimum atomic E-state index is 0.621. The van der Waals surface area contributed by atoms with Gasteiger partial charge in [0.05, 0.1) is 5.69 Å². The van der Waals surface area contributed by atoms with E-state index in [4.69, 9.17) is 5.73 Å². The third-order valence-corrected chi connectivity index (χ3v) is 2.80. The molecule has 0 atom stereocenters. The van der Waals surface area contributed by atoms with E-state index in [2.05, 4.69) is 18.0 Å². The number of nitrogens with zero attached hydrogens (tertiary/aromatic N) is 2. The number of hydrogen-bond acceptors (Lipinski definition) is 2. The molecule has 1 saturated carbocycles. The van der Waals surface area contributed by atoms with Gasteiger partial charge in [-0.05, 0) is 31.4 Å². The van der Waals surface area contributed by atoms with E-state index >= 15 is 0 Å². The fourth-order valence-electron chi connectivity index (χ4n) is 1.84. The van der Waals surface area contributed by atoms with E-state index in [-0.39, 0.29) is 0 Å². The van der Waals surface area contributed by atoms with Crippen molar-refractivity contribution in [2.75, 3.05) is 5.73 Å². The first-order chi connectivity index (χ1) is 6.75. The molecule has 2 aromatic heterocycles. The fraction of sp³-hybridized carbons (Fsp3) is 0.364. The van der Waals surface area contributed by atoms with E-state index in [0.717, 1.165) is 17.2 Å². The van der Waals surface area contributed by atoms with Gasteiger partial charge >= 0.3 is 0 Å². The van der Waals surface area contributed by atoms with Crippen LogP contribution in [0.1, 0.15) is 30.0 Å². The molecule has 2 aromatic rings. The van der Waals surface area contributed by atoms with Crippen molar-refractivity contribution in [3.05, 3.63) is 29.6 Å². The highest BCUT2D eigenvalue weighted by Gasteiger charge is 2.29. The maximum absolute atomic E-state index is 6.05. The average Bonchev–Trinajstić information content (AvgIpc) is 2.95. The second kappa shape index (κ2) is 2.50. The number of hydrogen-bond donors (Lipinski definition) is 1. The summed E-state index contributed by atoms with van der Waals surface area (Å²) in [5, 5.41) is 0. The van der Waals surface area contributed by atoms with Gasteiger partial charge in [-0.2, -0.15) is 0 Å². The van der Waals surface area contributed by atoms with E-state index in [0.29, 0.717) is 5.92 Å². The van der Waals surface area contributed by atoms with Gasteiger partial charge in [0.1, 0.15) is 11.5 Å². The molecular weight excluding hydrogens is 174 g/mol. The Bertz CT molecular complexity index is 494. The average molecular weight is 187 g/mol. The van der Waals surface area contributed by atoms with Crippen molar-refractivity contribution in [2.24, 2.45) is 0 Å².